The van der Waals surface area contributed by atoms with Gasteiger partial charge in [0.25, 0.3) is 5.91 Å². The number of carbonyl (C=O) groups is 2. The van der Waals surface area contributed by atoms with Crippen LogP contribution in [0.2, 0.25) is 0 Å². The fourth-order valence-corrected chi connectivity index (χ4v) is 4.75. The Hall–Kier alpha value is -2.97. The second kappa shape index (κ2) is 8.81. The van der Waals surface area contributed by atoms with E-state index < -0.39 is 5.97 Å². The number of nitrogens with zero attached hydrogens (tertiary/aromatic N) is 3. The van der Waals surface area contributed by atoms with Gasteiger partial charge in [-0.1, -0.05) is 18.2 Å². The Morgan fingerprint density at radius 3 is 2.63 bits per heavy atom. The largest absolute Gasteiger partial charge is 0.452 e. The number of hydrogen-bond donors (Lipinski definition) is 0. The Morgan fingerprint density at radius 1 is 1.13 bits per heavy atom. The van der Waals surface area contributed by atoms with Crippen LogP contribution in [0.15, 0.2) is 64.4 Å². The summed E-state index contributed by atoms with van der Waals surface area (Å²) in [6.07, 6.45) is 0.644. The van der Waals surface area contributed by atoms with E-state index in [1.54, 1.807) is 40.9 Å². The Morgan fingerprint density at radius 2 is 1.93 bits per heavy atom. The minimum absolute atomic E-state index is 0.176. The summed E-state index contributed by atoms with van der Waals surface area (Å²) in [5.41, 5.74) is 2.17. The Balaban J connectivity index is 1.48. The van der Waals surface area contributed by atoms with Crippen LogP contribution in [0, 0.1) is 0 Å². The molecule has 0 radical (unpaired) electrons. The predicted octanol–water partition coefficient (Wildman–Crippen LogP) is 4.41. The molecule has 30 heavy (non-hydrogen) atoms. The van der Waals surface area contributed by atoms with Gasteiger partial charge < -0.3 is 9.64 Å². The van der Waals surface area contributed by atoms with Crippen LogP contribution in [0.4, 0.5) is 5.69 Å². The summed E-state index contributed by atoms with van der Waals surface area (Å²) in [4.78, 5) is 29.4. The van der Waals surface area contributed by atoms with Gasteiger partial charge in [-0.05, 0) is 41.1 Å². The van der Waals surface area contributed by atoms with E-state index in [0.29, 0.717) is 12.0 Å². The molecule has 0 saturated heterocycles. The standard InChI is InChI=1S/C22H21N3O3S2/c1-24(2)16-7-3-6-15(12-16)22(27)28-14-21(26)25-18(20-9-5-11-30-20)13-17(23-25)19-8-4-10-29-19/h3-12,18H,13-14H2,1-2H3. The van der Waals surface area contributed by atoms with Crippen molar-refractivity contribution in [3.05, 3.63) is 74.6 Å². The van der Waals surface area contributed by atoms with Crippen LogP contribution in [0.1, 0.15) is 32.6 Å². The van der Waals surface area contributed by atoms with Crippen LogP contribution >= 0.6 is 22.7 Å². The van der Waals surface area contributed by atoms with Crippen molar-refractivity contribution in [3.8, 4) is 0 Å². The van der Waals surface area contributed by atoms with Crippen molar-refractivity contribution in [2.75, 3.05) is 25.6 Å². The van der Waals surface area contributed by atoms with Crippen molar-refractivity contribution in [1.29, 1.82) is 0 Å². The maximum atomic E-state index is 12.9. The van der Waals surface area contributed by atoms with Crippen LogP contribution in [-0.2, 0) is 9.53 Å². The van der Waals surface area contributed by atoms with E-state index in [4.69, 9.17) is 4.74 Å². The molecule has 0 spiro atoms. The lowest BCUT2D eigenvalue weighted by Gasteiger charge is -2.20. The van der Waals surface area contributed by atoms with Gasteiger partial charge in [0.15, 0.2) is 6.61 Å². The Kier molecular flexibility index (Phi) is 5.96. The highest BCUT2D eigenvalue weighted by atomic mass is 32.1. The van der Waals surface area contributed by atoms with Gasteiger partial charge in [-0.2, -0.15) is 5.10 Å². The first-order valence-corrected chi connectivity index (χ1v) is 11.2. The van der Waals surface area contributed by atoms with Crippen molar-refractivity contribution in [2.45, 2.75) is 12.5 Å². The smallest absolute Gasteiger partial charge is 0.338 e. The minimum atomic E-state index is -0.526. The first kappa shape index (κ1) is 20.3. The molecule has 8 heteroatoms. The number of carbonyl (C=O) groups excluding carboxylic acids is 2. The maximum Gasteiger partial charge on any atom is 0.338 e. The SMILES string of the molecule is CN(C)c1cccc(C(=O)OCC(=O)N2N=C(c3cccs3)CC2c2cccs2)c1. The normalized spacial score (nSPS) is 15.7. The summed E-state index contributed by atoms with van der Waals surface area (Å²) in [5, 5.41) is 10.0. The number of esters is 1. The van der Waals surface area contributed by atoms with E-state index in [0.717, 1.165) is 21.2 Å². The average Bonchev–Trinajstić information content (AvgIpc) is 3.52. The zero-order valence-corrected chi connectivity index (χ0v) is 18.3. The van der Waals surface area contributed by atoms with E-state index >= 15 is 0 Å². The number of anilines is 1. The first-order chi connectivity index (χ1) is 14.5. The highest BCUT2D eigenvalue weighted by Crippen LogP contribution is 2.35. The molecule has 1 aromatic carbocycles. The molecule has 2 aromatic heterocycles. The first-order valence-electron chi connectivity index (χ1n) is 9.44. The molecule has 3 aromatic rings. The quantitative estimate of drug-likeness (QED) is 0.534. The van der Waals surface area contributed by atoms with Gasteiger partial charge in [-0.15, -0.1) is 22.7 Å². The molecule has 3 heterocycles. The molecule has 1 atom stereocenters. The fourth-order valence-electron chi connectivity index (χ4n) is 3.22. The second-order valence-corrected chi connectivity index (χ2v) is 8.95. The fraction of sp³-hybridized carbons (Fsp3) is 0.227. The third kappa shape index (κ3) is 4.29. The number of hydrogen-bond acceptors (Lipinski definition) is 7. The van der Waals surface area contributed by atoms with E-state index in [2.05, 4.69) is 5.10 Å². The van der Waals surface area contributed by atoms with Crippen LogP contribution in [0.25, 0.3) is 0 Å². The van der Waals surface area contributed by atoms with E-state index in [9.17, 15) is 9.59 Å². The minimum Gasteiger partial charge on any atom is -0.452 e. The van der Waals surface area contributed by atoms with Crippen LogP contribution in [0.3, 0.4) is 0 Å². The molecule has 154 valence electrons. The highest BCUT2D eigenvalue weighted by Gasteiger charge is 2.34. The number of amides is 1. The average molecular weight is 440 g/mol. The molecule has 0 saturated carbocycles. The molecule has 0 bridgehead atoms. The van der Waals surface area contributed by atoms with Crippen molar-refractivity contribution in [1.82, 2.24) is 5.01 Å². The molecule has 0 aliphatic carbocycles. The second-order valence-electron chi connectivity index (χ2n) is 7.02. The van der Waals surface area contributed by atoms with Gasteiger partial charge >= 0.3 is 5.97 Å². The Labute approximate surface area is 183 Å². The highest BCUT2D eigenvalue weighted by molar-refractivity contribution is 7.12. The van der Waals surface area contributed by atoms with Crippen molar-refractivity contribution in [2.24, 2.45) is 5.10 Å². The van der Waals surface area contributed by atoms with Crippen LogP contribution in [-0.4, -0.2) is 43.3 Å². The van der Waals surface area contributed by atoms with E-state index in [1.807, 2.05) is 60.1 Å². The summed E-state index contributed by atoms with van der Waals surface area (Å²) < 4.78 is 5.32. The summed E-state index contributed by atoms with van der Waals surface area (Å²) >= 11 is 3.19. The van der Waals surface area contributed by atoms with Gasteiger partial charge in [-0.3, -0.25) is 4.79 Å². The zero-order valence-electron chi connectivity index (χ0n) is 16.6. The lowest BCUT2D eigenvalue weighted by Crippen LogP contribution is -2.31. The lowest BCUT2D eigenvalue weighted by atomic mass is 10.1. The molecule has 0 fully saturated rings. The van der Waals surface area contributed by atoms with Gasteiger partial charge in [0.1, 0.15) is 0 Å². The predicted molar refractivity (Wildman–Crippen MR) is 120 cm³/mol. The number of rotatable bonds is 6. The van der Waals surface area contributed by atoms with E-state index in [-0.39, 0.29) is 18.6 Å². The van der Waals surface area contributed by atoms with Crippen molar-refractivity contribution < 1.29 is 14.3 Å². The van der Waals surface area contributed by atoms with Gasteiger partial charge in [0.05, 0.1) is 22.2 Å². The molecule has 0 N–H and O–H groups in total. The van der Waals surface area contributed by atoms with Crippen LogP contribution < -0.4 is 4.90 Å². The summed E-state index contributed by atoms with van der Waals surface area (Å²) in [7, 11) is 3.80. The van der Waals surface area contributed by atoms with Crippen molar-refractivity contribution >= 4 is 45.9 Å². The molecule has 6 nitrogen and oxygen atoms in total. The van der Waals surface area contributed by atoms with Crippen molar-refractivity contribution in [3.63, 3.8) is 0 Å². The van der Waals surface area contributed by atoms with Gasteiger partial charge in [0.2, 0.25) is 0 Å². The molecule has 1 aliphatic rings. The molecule has 1 aliphatic heterocycles. The molecular formula is C22H21N3O3S2. The zero-order chi connectivity index (χ0) is 21.1. The summed E-state index contributed by atoms with van der Waals surface area (Å²) in [6.45, 7) is -0.353. The lowest BCUT2D eigenvalue weighted by molar-refractivity contribution is -0.136. The molecular weight excluding hydrogens is 418 g/mol. The molecule has 1 amide bonds. The number of thiophene rings is 2. The van der Waals surface area contributed by atoms with E-state index in [1.165, 1.54) is 5.01 Å². The number of hydrazone groups is 1. The summed E-state index contributed by atoms with van der Waals surface area (Å²) in [6, 6.07) is 14.9. The van der Waals surface area contributed by atoms with Gasteiger partial charge in [-0.25, -0.2) is 9.80 Å². The molecule has 1 unspecified atom stereocenters. The monoisotopic (exact) mass is 439 g/mol. The van der Waals surface area contributed by atoms with Gasteiger partial charge in [0, 0.05) is 31.1 Å². The number of ether oxygens (including phenoxy) is 1. The van der Waals surface area contributed by atoms with Crippen LogP contribution in [0.5, 0.6) is 0 Å². The third-order valence-corrected chi connectivity index (χ3v) is 6.66. The summed E-state index contributed by atoms with van der Waals surface area (Å²) in [5.74, 6) is -0.863. The third-order valence-electron chi connectivity index (χ3n) is 4.77. The number of benzene rings is 1. The maximum absolute atomic E-state index is 12.9. The Bertz CT molecular complexity index is 1060. The molecule has 4 rings (SSSR count). The topological polar surface area (TPSA) is 62.2 Å².